The van der Waals surface area contributed by atoms with E-state index in [2.05, 4.69) is 0 Å². The lowest BCUT2D eigenvalue weighted by Gasteiger charge is -2.10. The van der Waals surface area contributed by atoms with Crippen molar-refractivity contribution in [2.24, 2.45) is 0 Å². The second-order valence-electron chi connectivity index (χ2n) is 3.86. The fourth-order valence-corrected chi connectivity index (χ4v) is 2.61. The van der Waals surface area contributed by atoms with Crippen molar-refractivity contribution < 1.29 is 9.50 Å². The van der Waals surface area contributed by atoms with Gasteiger partial charge in [-0.1, -0.05) is 12.1 Å². The van der Waals surface area contributed by atoms with Crippen LogP contribution < -0.4 is 0 Å². The van der Waals surface area contributed by atoms with Crippen LogP contribution in [0.3, 0.4) is 0 Å². The first-order valence-corrected chi connectivity index (χ1v) is 6.06. The van der Waals surface area contributed by atoms with Crippen LogP contribution in [0.2, 0.25) is 0 Å². The Labute approximate surface area is 98.2 Å². The molecule has 3 heteroatoms. The zero-order chi connectivity index (χ0) is 11.5. The van der Waals surface area contributed by atoms with Crippen LogP contribution in [0.1, 0.15) is 22.8 Å². The van der Waals surface area contributed by atoms with Gasteiger partial charge in [-0.3, -0.25) is 0 Å². The lowest BCUT2D eigenvalue weighted by Crippen LogP contribution is -2.02. The molecule has 1 N–H and O–H groups in total. The van der Waals surface area contributed by atoms with Crippen LogP contribution in [0.25, 0.3) is 0 Å². The molecule has 1 nitrogen and oxygen atoms in total. The summed E-state index contributed by atoms with van der Waals surface area (Å²) in [5.74, 6) is -0.258. The Morgan fingerprint density at radius 3 is 2.81 bits per heavy atom. The fourth-order valence-electron chi connectivity index (χ4n) is 1.71. The Hall–Kier alpha value is -1.19. The van der Waals surface area contributed by atoms with Crippen molar-refractivity contribution in [1.29, 1.82) is 0 Å². The van der Waals surface area contributed by atoms with Gasteiger partial charge in [-0.15, -0.1) is 0 Å². The summed E-state index contributed by atoms with van der Waals surface area (Å²) in [5.41, 5.74) is 2.85. The normalized spacial score (nSPS) is 12.7. The number of halogens is 1. The van der Waals surface area contributed by atoms with Crippen molar-refractivity contribution in [3.63, 3.8) is 0 Å². The van der Waals surface area contributed by atoms with Gasteiger partial charge in [0.15, 0.2) is 0 Å². The number of aryl methyl sites for hydroxylation is 1. The summed E-state index contributed by atoms with van der Waals surface area (Å²) in [6.07, 6.45) is -0.0944. The number of aliphatic hydroxyl groups is 1. The van der Waals surface area contributed by atoms with E-state index in [1.54, 1.807) is 17.4 Å². The summed E-state index contributed by atoms with van der Waals surface area (Å²) in [6, 6.07) is 6.36. The number of hydrogen-bond donors (Lipinski definition) is 1. The molecular formula is C13H13FOS. The Balaban J connectivity index is 2.14. The number of benzene rings is 1. The minimum absolute atomic E-state index is 0.258. The van der Waals surface area contributed by atoms with Crippen molar-refractivity contribution >= 4 is 11.3 Å². The average Bonchev–Trinajstić information content (AvgIpc) is 2.64. The molecule has 0 radical (unpaired) electrons. The van der Waals surface area contributed by atoms with Gasteiger partial charge in [-0.2, -0.15) is 11.3 Å². The van der Waals surface area contributed by atoms with Gasteiger partial charge in [0.25, 0.3) is 0 Å². The monoisotopic (exact) mass is 236 g/mol. The summed E-state index contributed by atoms with van der Waals surface area (Å²) in [4.78, 5) is 0. The maximum Gasteiger partial charge on any atom is 0.123 e. The molecule has 0 bridgehead atoms. The summed E-state index contributed by atoms with van der Waals surface area (Å²) < 4.78 is 13.0. The molecule has 0 spiro atoms. The highest BCUT2D eigenvalue weighted by atomic mass is 32.1. The van der Waals surface area contributed by atoms with E-state index in [4.69, 9.17) is 0 Å². The van der Waals surface area contributed by atoms with Crippen molar-refractivity contribution in [2.45, 2.75) is 19.4 Å². The minimum Gasteiger partial charge on any atom is -0.388 e. The Bertz CT molecular complexity index is 478. The van der Waals surface area contributed by atoms with Gasteiger partial charge in [0, 0.05) is 6.42 Å². The fraction of sp³-hybridized carbons (Fsp3) is 0.231. The summed E-state index contributed by atoms with van der Waals surface area (Å²) >= 11 is 1.57. The van der Waals surface area contributed by atoms with Crippen molar-refractivity contribution in [3.8, 4) is 0 Å². The predicted octanol–water partition coefficient (Wildman–Crippen LogP) is 3.47. The molecule has 84 valence electrons. The zero-order valence-electron chi connectivity index (χ0n) is 8.98. The molecule has 1 heterocycles. The molecule has 2 aromatic rings. The van der Waals surface area contributed by atoms with Crippen LogP contribution in [0.4, 0.5) is 4.39 Å². The molecule has 0 aliphatic rings. The zero-order valence-corrected chi connectivity index (χ0v) is 9.80. The first kappa shape index (κ1) is 11.3. The average molecular weight is 236 g/mol. The molecule has 16 heavy (non-hydrogen) atoms. The Morgan fingerprint density at radius 1 is 1.38 bits per heavy atom. The van der Waals surface area contributed by atoms with Gasteiger partial charge < -0.3 is 5.11 Å². The van der Waals surface area contributed by atoms with E-state index in [9.17, 15) is 9.50 Å². The summed E-state index contributed by atoms with van der Waals surface area (Å²) in [5, 5.41) is 14.0. The van der Waals surface area contributed by atoms with Crippen molar-refractivity contribution in [2.75, 3.05) is 0 Å². The molecule has 1 aromatic carbocycles. The molecule has 2 rings (SSSR count). The van der Waals surface area contributed by atoms with Gasteiger partial charge >= 0.3 is 0 Å². The van der Waals surface area contributed by atoms with E-state index in [1.165, 1.54) is 12.1 Å². The van der Waals surface area contributed by atoms with Crippen molar-refractivity contribution in [3.05, 3.63) is 57.5 Å². The van der Waals surface area contributed by atoms with Gasteiger partial charge in [0.05, 0.1) is 6.10 Å². The van der Waals surface area contributed by atoms with Gasteiger partial charge in [0.1, 0.15) is 5.82 Å². The van der Waals surface area contributed by atoms with E-state index >= 15 is 0 Å². The number of rotatable bonds is 3. The highest BCUT2D eigenvalue weighted by molar-refractivity contribution is 7.08. The largest absolute Gasteiger partial charge is 0.388 e. The topological polar surface area (TPSA) is 20.2 Å². The second-order valence-corrected chi connectivity index (χ2v) is 4.60. The molecule has 0 amide bonds. The van der Waals surface area contributed by atoms with E-state index in [0.717, 1.165) is 16.7 Å². The first-order chi connectivity index (χ1) is 7.66. The highest BCUT2D eigenvalue weighted by Gasteiger charge is 2.12. The molecule has 1 aromatic heterocycles. The molecule has 0 fully saturated rings. The predicted molar refractivity (Wildman–Crippen MR) is 64.1 cm³/mol. The Morgan fingerprint density at radius 2 is 2.19 bits per heavy atom. The molecule has 0 saturated heterocycles. The van der Waals surface area contributed by atoms with Crippen LogP contribution in [-0.4, -0.2) is 5.11 Å². The van der Waals surface area contributed by atoms with Crippen LogP contribution in [0, 0.1) is 12.7 Å². The molecular weight excluding hydrogens is 223 g/mol. The second kappa shape index (κ2) is 4.76. The van der Waals surface area contributed by atoms with E-state index in [1.807, 2.05) is 23.8 Å². The molecule has 0 aliphatic heterocycles. The third-order valence-electron chi connectivity index (χ3n) is 2.57. The highest BCUT2D eigenvalue weighted by Crippen LogP contribution is 2.24. The lowest BCUT2D eigenvalue weighted by molar-refractivity contribution is 0.178. The van der Waals surface area contributed by atoms with E-state index in [0.29, 0.717) is 6.42 Å². The van der Waals surface area contributed by atoms with Gasteiger partial charge in [-0.05, 0) is 46.5 Å². The Kier molecular flexibility index (Phi) is 3.36. The van der Waals surface area contributed by atoms with Gasteiger partial charge in [0.2, 0.25) is 0 Å². The third-order valence-corrected chi connectivity index (χ3v) is 3.45. The van der Waals surface area contributed by atoms with Crippen LogP contribution in [-0.2, 0) is 6.42 Å². The molecule has 0 saturated carbocycles. The number of thiophene rings is 1. The van der Waals surface area contributed by atoms with E-state index in [-0.39, 0.29) is 5.82 Å². The molecule has 1 unspecified atom stereocenters. The van der Waals surface area contributed by atoms with Crippen LogP contribution in [0.15, 0.2) is 35.0 Å². The molecule has 0 aliphatic carbocycles. The van der Waals surface area contributed by atoms with Crippen LogP contribution in [0.5, 0.6) is 0 Å². The van der Waals surface area contributed by atoms with Crippen LogP contribution >= 0.6 is 11.3 Å². The lowest BCUT2D eigenvalue weighted by atomic mass is 10.0. The third kappa shape index (κ3) is 2.49. The first-order valence-electron chi connectivity index (χ1n) is 5.12. The number of hydrogen-bond acceptors (Lipinski definition) is 2. The summed E-state index contributed by atoms with van der Waals surface area (Å²) in [7, 11) is 0. The molecule has 1 atom stereocenters. The number of aliphatic hydroxyl groups excluding tert-OH is 1. The smallest absolute Gasteiger partial charge is 0.123 e. The summed E-state index contributed by atoms with van der Waals surface area (Å²) in [6.45, 7) is 1.97. The quantitative estimate of drug-likeness (QED) is 0.865. The maximum atomic E-state index is 13.0. The van der Waals surface area contributed by atoms with Gasteiger partial charge in [-0.25, -0.2) is 4.39 Å². The maximum absolute atomic E-state index is 13.0. The minimum atomic E-state index is -0.548. The van der Waals surface area contributed by atoms with E-state index < -0.39 is 6.10 Å². The SMILES string of the molecule is Cc1cscc1C(O)Cc1cccc(F)c1. The standard InChI is InChI=1S/C13H13FOS/c1-9-7-16-8-12(9)13(15)6-10-3-2-4-11(14)5-10/h2-5,7-8,13,15H,6H2,1H3. The van der Waals surface area contributed by atoms with Crippen molar-refractivity contribution in [1.82, 2.24) is 0 Å².